The molecular weight excluding hydrogens is 517 g/mol. The SMILES string of the molecule is CC1Oc2cc(cnc2N)-c2c(nn(COCCS(C)(C)C)c2C#N)Cc2cnn(C)c2-c2ccc(F)cc21. The number of pyridine rings is 1. The van der Waals surface area contributed by atoms with Crippen LogP contribution in [0.1, 0.15) is 35.5 Å². The molecule has 9 nitrogen and oxygen atoms in total. The lowest BCUT2D eigenvalue weighted by atomic mass is 9.94. The second-order valence-corrected chi connectivity index (χ2v) is 15.1. The summed E-state index contributed by atoms with van der Waals surface area (Å²) < 4.78 is 30.0. The van der Waals surface area contributed by atoms with Gasteiger partial charge in [0.25, 0.3) is 0 Å². The Labute approximate surface area is 228 Å². The molecule has 3 aromatic heterocycles. The monoisotopic (exact) mass is 549 g/mol. The molecule has 4 aromatic rings. The fourth-order valence-electron chi connectivity index (χ4n) is 4.77. The van der Waals surface area contributed by atoms with Crippen molar-refractivity contribution in [2.75, 3.05) is 36.9 Å². The van der Waals surface area contributed by atoms with Crippen LogP contribution in [0.25, 0.3) is 22.4 Å². The maximum atomic E-state index is 14.4. The van der Waals surface area contributed by atoms with E-state index in [2.05, 4.69) is 34.9 Å². The molecule has 1 atom stereocenters. The van der Waals surface area contributed by atoms with Crippen molar-refractivity contribution in [1.82, 2.24) is 24.5 Å². The van der Waals surface area contributed by atoms with Gasteiger partial charge < -0.3 is 15.2 Å². The summed E-state index contributed by atoms with van der Waals surface area (Å²) in [6.07, 6.45) is 9.95. The molecule has 1 unspecified atom stereocenters. The van der Waals surface area contributed by atoms with Crippen LogP contribution in [0, 0.1) is 17.1 Å². The van der Waals surface area contributed by atoms with Crippen molar-refractivity contribution in [3.63, 3.8) is 0 Å². The molecule has 0 fully saturated rings. The van der Waals surface area contributed by atoms with Gasteiger partial charge in [0, 0.05) is 53.2 Å². The van der Waals surface area contributed by atoms with Gasteiger partial charge in [0.2, 0.25) is 0 Å². The third-order valence-corrected chi connectivity index (χ3v) is 8.13. The molecule has 204 valence electrons. The maximum Gasteiger partial charge on any atom is 0.166 e. The van der Waals surface area contributed by atoms with Gasteiger partial charge in [-0.3, -0.25) is 4.68 Å². The number of nitrogen functional groups attached to an aromatic ring is 1. The summed E-state index contributed by atoms with van der Waals surface area (Å²) in [6, 6.07) is 8.72. The first-order valence-electron chi connectivity index (χ1n) is 12.5. The van der Waals surface area contributed by atoms with Crippen LogP contribution in [-0.4, -0.2) is 55.7 Å². The number of ether oxygens (including phenoxy) is 2. The average molecular weight is 550 g/mol. The number of anilines is 1. The second-order valence-electron chi connectivity index (χ2n) is 10.5. The fraction of sp³-hybridized carbons (Fsp3) is 0.357. The molecule has 0 spiro atoms. The molecule has 1 aliphatic rings. The molecule has 0 saturated carbocycles. The minimum atomic E-state index is -0.710. The fourth-order valence-corrected chi connectivity index (χ4v) is 5.39. The molecule has 0 radical (unpaired) electrons. The molecule has 5 rings (SSSR count). The van der Waals surface area contributed by atoms with Crippen LogP contribution in [0.2, 0.25) is 0 Å². The molecular formula is C28H32FN7O2S. The van der Waals surface area contributed by atoms with Crippen LogP contribution in [0.5, 0.6) is 5.75 Å². The van der Waals surface area contributed by atoms with Gasteiger partial charge in [-0.15, -0.1) is 0 Å². The van der Waals surface area contributed by atoms with Crippen molar-refractivity contribution >= 4 is 15.8 Å². The van der Waals surface area contributed by atoms with Gasteiger partial charge in [-0.1, -0.05) is 0 Å². The Morgan fingerprint density at radius 3 is 2.79 bits per heavy atom. The van der Waals surface area contributed by atoms with Gasteiger partial charge in [-0.05, 0) is 50.0 Å². The molecule has 2 N–H and O–H groups in total. The summed E-state index contributed by atoms with van der Waals surface area (Å²) >= 11 is 0. The molecule has 1 aliphatic heterocycles. The Morgan fingerprint density at radius 2 is 2.05 bits per heavy atom. The standard InChI is InChI=1S/C28H32FN7O2S/c1-17-22-12-20(29)6-7-21(22)27-19(15-33-35(27)2)10-23-26(18-11-25(38-17)28(31)32-14-18)24(13-30)36(34-23)16-37-8-9-39(3,4)5/h6-7,11-12,14-15,17H,8-10,16H2,1-5H3,(H2,31,32). The minimum absolute atomic E-state index is 0.149. The van der Waals surface area contributed by atoms with Crippen LogP contribution < -0.4 is 10.5 Å². The Bertz CT molecular complexity index is 1580. The predicted molar refractivity (Wildman–Crippen MR) is 151 cm³/mol. The maximum absolute atomic E-state index is 14.4. The van der Waals surface area contributed by atoms with E-state index in [4.69, 9.17) is 20.3 Å². The van der Waals surface area contributed by atoms with Crippen molar-refractivity contribution in [2.24, 2.45) is 7.05 Å². The average Bonchev–Trinajstić information content (AvgIpc) is 3.41. The molecule has 0 saturated heterocycles. The Kier molecular flexibility index (Phi) is 7.09. The number of nitriles is 1. The number of fused-ring (bicyclic) bond motifs is 7. The summed E-state index contributed by atoms with van der Waals surface area (Å²) in [5.74, 6) is 1.12. The lowest BCUT2D eigenvalue weighted by Crippen LogP contribution is -2.12. The van der Waals surface area contributed by atoms with Gasteiger partial charge in [0.15, 0.2) is 11.6 Å². The quantitative estimate of drug-likeness (QED) is 0.360. The van der Waals surface area contributed by atoms with Gasteiger partial charge in [-0.2, -0.15) is 15.5 Å². The van der Waals surface area contributed by atoms with E-state index in [1.54, 1.807) is 33.9 Å². The molecule has 2 bridgehead atoms. The highest BCUT2D eigenvalue weighted by molar-refractivity contribution is 8.32. The van der Waals surface area contributed by atoms with Crippen LogP contribution in [-0.2, 0) is 24.9 Å². The van der Waals surface area contributed by atoms with E-state index in [0.29, 0.717) is 46.9 Å². The Balaban J connectivity index is 1.68. The lowest BCUT2D eigenvalue weighted by molar-refractivity contribution is 0.0801. The molecule has 0 aliphatic carbocycles. The van der Waals surface area contributed by atoms with E-state index in [1.807, 2.05) is 14.0 Å². The number of halogens is 1. The molecule has 0 amide bonds. The first-order valence-corrected chi connectivity index (χ1v) is 15.5. The number of nitrogens with two attached hydrogens (primary N) is 1. The molecule has 11 heteroatoms. The van der Waals surface area contributed by atoms with Crippen LogP contribution >= 0.6 is 10.0 Å². The number of hydrogen-bond donors (Lipinski definition) is 1. The molecule has 39 heavy (non-hydrogen) atoms. The zero-order valence-corrected chi connectivity index (χ0v) is 23.5. The van der Waals surface area contributed by atoms with Crippen LogP contribution in [0.15, 0.2) is 36.7 Å². The normalized spacial score (nSPS) is 15.2. The third-order valence-electron chi connectivity index (χ3n) is 6.74. The first kappa shape index (κ1) is 26.7. The van der Waals surface area contributed by atoms with Crippen molar-refractivity contribution in [2.45, 2.75) is 26.2 Å². The highest BCUT2D eigenvalue weighted by atomic mass is 32.3. The predicted octanol–water partition coefficient (Wildman–Crippen LogP) is 4.65. The minimum Gasteiger partial charge on any atom is -0.482 e. The molecule has 4 heterocycles. The smallest absolute Gasteiger partial charge is 0.166 e. The van der Waals surface area contributed by atoms with E-state index in [-0.39, 0.29) is 18.4 Å². The summed E-state index contributed by atoms with van der Waals surface area (Å²) in [5.41, 5.74) is 11.7. The zero-order valence-electron chi connectivity index (χ0n) is 22.7. The van der Waals surface area contributed by atoms with Gasteiger partial charge in [0.05, 0.1) is 24.2 Å². The number of rotatable bonds is 5. The molecule has 1 aromatic carbocycles. The highest BCUT2D eigenvalue weighted by Crippen LogP contribution is 2.39. The number of aromatic nitrogens is 5. The van der Waals surface area contributed by atoms with Crippen molar-refractivity contribution < 1.29 is 13.9 Å². The van der Waals surface area contributed by atoms with Crippen LogP contribution in [0.4, 0.5) is 10.2 Å². The number of benzene rings is 1. The van der Waals surface area contributed by atoms with Gasteiger partial charge in [-0.25, -0.2) is 24.1 Å². The van der Waals surface area contributed by atoms with Gasteiger partial charge in [0.1, 0.15) is 30.4 Å². The van der Waals surface area contributed by atoms with E-state index in [9.17, 15) is 9.65 Å². The topological polar surface area (TPSA) is 117 Å². The first-order chi connectivity index (χ1) is 18.6. The van der Waals surface area contributed by atoms with E-state index in [0.717, 1.165) is 22.6 Å². The lowest BCUT2D eigenvalue weighted by Gasteiger charge is -2.24. The Hall–Kier alpha value is -3.88. The van der Waals surface area contributed by atoms with E-state index >= 15 is 0 Å². The second kappa shape index (κ2) is 10.4. The summed E-state index contributed by atoms with van der Waals surface area (Å²) in [7, 11) is 1.14. The van der Waals surface area contributed by atoms with Crippen molar-refractivity contribution in [1.29, 1.82) is 5.26 Å². The number of nitrogens with zero attached hydrogens (tertiary/aromatic N) is 6. The van der Waals surface area contributed by atoms with E-state index in [1.165, 1.54) is 12.1 Å². The van der Waals surface area contributed by atoms with Crippen LogP contribution in [0.3, 0.4) is 0 Å². The van der Waals surface area contributed by atoms with Crippen molar-refractivity contribution in [3.8, 4) is 34.2 Å². The largest absolute Gasteiger partial charge is 0.482 e. The van der Waals surface area contributed by atoms with E-state index < -0.39 is 16.1 Å². The highest BCUT2D eigenvalue weighted by Gasteiger charge is 2.27. The zero-order chi connectivity index (χ0) is 27.9. The summed E-state index contributed by atoms with van der Waals surface area (Å²) in [4.78, 5) is 4.36. The number of aryl methyl sites for hydroxylation is 1. The van der Waals surface area contributed by atoms with Gasteiger partial charge >= 0.3 is 0 Å². The summed E-state index contributed by atoms with van der Waals surface area (Å²) in [5, 5.41) is 19.6. The summed E-state index contributed by atoms with van der Waals surface area (Å²) in [6.45, 7) is 2.57. The Morgan fingerprint density at radius 1 is 1.26 bits per heavy atom. The number of hydrogen-bond acceptors (Lipinski definition) is 7. The third kappa shape index (κ3) is 5.35. The van der Waals surface area contributed by atoms with Crippen molar-refractivity contribution in [3.05, 3.63) is 65.0 Å².